The molecule has 52 heteroatoms. The first-order chi connectivity index (χ1) is 71.9. The Balaban J connectivity index is 0.911. The van der Waals surface area contributed by atoms with Crippen molar-refractivity contribution in [2.45, 2.75) is 516 Å². The standard InChI is InChI=1S/C98H174N4O48/c1-6-8-10-12-14-16-18-20-21-22-23-25-27-29-31-33-35-37-62(115)102-51(52(114)36-34-32-30-28-26-24-19-17-15-13-11-9-7-2)46-133-93-79(129)76(126)86(60(45-110)142-93)147-97-80(130)87(68(118)55(40-105)138-97)148-91-65(101-50(5)113)73(123)85(59(44-109)141-91)146-98-82(132)89(149-92-64(100-49(4)112)72(122)84(58(43-108)140-92)144-94-77(127)74(124)66(116)53(38-103)135-94)70(120)61(143-98)47-134-90-63(99-48(3)111)71(121)83(57(42-107)139-90)145-96-81(131)88(69(119)56(41-106)137-96)150-95-78(128)75(125)67(117)54(39-104)136-95/h34,36,51-61,63-98,103-110,114,116-132H,6-33,35,37-47H2,1-5H3,(H,99,111)(H,100,112)(H,101,113)(H,102,115)/b36-34+/t51-,52+,53?,54?,55?,56?,57?,58?,59?,60?,61?,63?,64?,65?,66-,67-,68-,69-,70-,71+,72+,73+,74-,75-,76+,77?,78?,79?,80?,81?,82?,83+,84+,85+,86+,87-,88-,89-,90+,91-,92-,93+,94-,95-,96-,97-,98-/m0/s1. The molecule has 9 heterocycles. The van der Waals surface area contributed by atoms with Gasteiger partial charge in [-0.15, -0.1) is 0 Å². The van der Waals surface area contributed by atoms with Gasteiger partial charge in [-0.1, -0.05) is 193 Å². The van der Waals surface area contributed by atoms with E-state index >= 15 is 0 Å². The van der Waals surface area contributed by atoms with E-state index in [0.29, 0.717) is 12.8 Å². The van der Waals surface area contributed by atoms with Crippen LogP contribution in [0.4, 0.5) is 0 Å². The summed E-state index contributed by atoms with van der Waals surface area (Å²) in [6.45, 7) is -3.02. The first-order valence-electron chi connectivity index (χ1n) is 53.5. The van der Waals surface area contributed by atoms with E-state index in [-0.39, 0.29) is 12.3 Å². The summed E-state index contributed by atoms with van der Waals surface area (Å²) in [6.07, 6.45) is -51.7. The number of hydrogen-bond donors (Lipinski definition) is 30. The van der Waals surface area contributed by atoms with Gasteiger partial charge in [-0.05, 0) is 19.3 Å². The molecule has 9 aliphatic heterocycles. The number of aliphatic hydroxyl groups is 26. The molecule has 0 aromatic heterocycles. The van der Waals surface area contributed by atoms with E-state index in [0.717, 1.165) is 85.0 Å². The Morgan fingerprint density at radius 1 is 0.267 bits per heavy atom. The van der Waals surface area contributed by atoms with Crippen LogP contribution in [0.1, 0.15) is 227 Å². The highest BCUT2D eigenvalue weighted by Gasteiger charge is 2.62. The van der Waals surface area contributed by atoms with E-state index < -0.39 is 372 Å². The Bertz CT molecular complexity index is 3780. The van der Waals surface area contributed by atoms with E-state index in [1.807, 2.05) is 6.08 Å². The second-order valence-corrected chi connectivity index (χ2v) is 40.6. The van der Waals surface area contributed by atoms with Crippen LogP contribution < -0.4 is 21.3 Å². The maximum Gasteiger partial charge on any atom is 0.220 e. The number of allylic oxidation sites excluding steroid dienone is 1. The Morgan fingerprint density at radius 2 is 0.527 bits per heavy atom. The van der Waals surface area contributed by atoms with E-state index in [1.165, 1.54) is 109 Å². The Kier molecular flexibility index (Phi) is 57.0. The number of aliphatic hydroxyl groups excluding tert-OH is 26. The lowest BCUT2D eigenvalue weighted by Crippen LogP contribution is -2.71. The summed E-state index contributed by atoms with van der Waals surface area (Å²) >= 11 is 0. The third-order valence-corrected chi connectivity index (χ3v) is 28.9. The monoisotopic (exact) mass is 2180 g/mol. The number of rotatable bonds is 64. The van der Waals surface area contributed by atoms with Gasteiger partial charge < -0.3 is 239 Å². The highest BCUT2D eigenvalue weighted by Crippen LogP contribution is 2.41. The summed E-state index contributed by atoms with van der Waals surface area (Å²) in [5.74, 6) is -3.27. The molecule has 0 saturated carbocycles. The minimum absolute atomic E-state index is 0.130. The Morgan fingerprint density at radius 3 is 0.867 bits per heavy atom. The van der Waals surface area contributed by atoms with Gasteiger partial charge in [0.15, 0.2) is 56.6 Å². The lowest BCUT2D eigenvalue weighted by molar-refractivity contribution is -0.390. The third kappa shape index (κ3) is 36.4. The lowest BCUT2D eigenvalue weighted by Gasteiger charge is -2.51. The van der Waals surface area contributed by atoms with Gasteiger partial charge in [0.05, 0.1) is 78.2 Å². The number of unbranched alkanes of at least 4 members (excludes halogenated alkanes) is 27. The van der Waals surface area contributed by atoms with Crippen LogP contribution >= 0.6 is 0 Å². The summed E-state index contributed by atoms with van der Waals surface area (Å²) in [7, 11) is 0. The maximum atomic E-state index is 13.7. The molecule has 4 amide bonds. The van der Waals surface area contributed by atoms with Crippen molar-refractivity contribution in [1.29, 1.82) is 0 Å². The molecule has 0 bridgehead atoms. The van der Waals surface area contributed by atoms with Gasteiger partial charge in [-0.3, -0.25) is 19.2 Å². The van der Waals surface area contributed by atoms with Crippen molar-refractivity contribution < 1.29 is 237 Å². The average molecular weight is 2180 g/mol. The van der Waals surface area contributed by atoms with Gasteiger partial charge in [-0.2, -0.15) is 0 Å². The Hall–Kier alpha value is -4.14. The van der Waals surface area contributed by atoms with Crippen LogP contribution in [0.3, 0.4) is 0 Å². The van der Waals surface area contributed by atoms with Gasteiger partial charge in [0, 0.05) is 27.2 Å². The molecule has 9 saturated heterocycles. The zero-order chi connectivity index (χ0) is 110. The zero-order valence-corrected chi connectivity index (χ0v) is 86.2. The van der Waals surface area contributed by atoms with Crippen molar-refractivity contribution in [3.05, 3.63) is 12.2 Å². The molecular weight excluding hydrogens is 2000 g/mol. The number of carbonyl (C=O) groups excluding carboxylic acids is 4. The number of carbonyl (C=O) groups is 4. The van der Waals surface area contributed by atoms with E-state index in [9.17, 15) is 152 Å². The molecule has 47 atom stereocenters. The lowest BCUT2D eigenvalue weighted by atomic mass is 9.93. The van der Waals surface area contributed by atoms with Gasteiger partial charge in [0.2, 0.25) is 23.6 Å². The summed E-state index contributed by atoms with van der Waals surface area (Å²) in [6, 6.07) is -7.05. The maximum absolute atomic E-state index is 13.7. The van der Waals surface area contributed by atoms with Crippen molar-refractivity contribution >= 4 is 23.6 Å². The summed E-state index contributed by atoms with van der Waals surface area (Å²) in [4.78, 5) is 53.4. The molecule has 9 rings (SSSR count). The van der Waals surface area contributed by atoms with Crippen LogP contribution in [-0.2, 0) is 104 Å². The average Bonchev–Trinajstić information content (AvgIpc) is 0.762. The highest BCUT2D eigenvalue weighted by molar-refractivity contribution is 5.76. The zero-order valence-electron chi connectivity index (χ0n) is 86.2. The minimum atomic E-state index is -2.52. The number of ether oxygens (including phenoxy) is 18. The van der Waals surface area contributed by atoms with E-state index in [1.54, 1.807) is 6.08 Å². The first kappa shape index (κ1) is 129. The summed E-state index contributed by atoms with van der Waals surface area (Å²) in [5, 5.41) is 304. The second kappa shape index (κ2) is 66.2. The van der Waals surface area contributed by atoms with E-state index in [2.05, 4.69) is 35.1 Å². The molecular formula is C98H174N4O48. The third-order valence-electron chi connectivity index (χ3n) is 28.9. The largest absolute Gasteiger partial charge is 0.394 e. The van der Waals surface area contributed by atoms with Gasteiger partial charge >= 0.3 is 0 Å². The molecule has 0 spiro atoms. The van der Waals surface area contributed by atoms with Gasteiger partial charge in [0.1, 0.15) is 220 Å². The molecule has 874 valence electrons. The first-order valence-corrected chi connectivity index (χ1v) is 53.5. The van der Waals surface area contributed by atoms with Gasteiger partial charge in [0.25, 0.3) is 0 Å². The molecule has 0 radical (unpaired) electrons. The van der Waals surface area contributed by atoms with Crippen molar-refractivity contribution in [2.24, 2.45) is 0 Å². The van der Waals surface area contributed by atoms with Crippen molar-refractivity contribution in [3.8, 4) is 0 Å². The van der Waals surface area contributed by atoms with Crippen molar-refractivity contribution in [3.63, 3.8) is 0 Å². The van der Waals surface area contributed by atoms with Crippen molar-refractivity contribution in [1.82, 2.24) is 21.3 Å². The molecule has 0 aromatic carbocycles. The SMILES string of the molecule is CCCCCCCCCCCCC/C=C/[C@@H](O)[C@H](CO[C@@H]1OC(CO)[C@@H](O[C@@H]2OC(CO)[C@H](O)[C@H](O[C@@H]3OC(CO)[C@@H](O[C@@H]4OC(CO[C@@H]5OC(CO)[C@@H](O[C@@H]6OC(CO)[C@H](O)[C@H](O[C@@H]7OC(CO)[C@H](O)[C@H](O)C7O)C6O)[C@H](O)C5NC(C)=O)[C@H](O)[C@H](O[C@@H]5OC(CO)[C@@H](O[C@@H]6OC(CO)[C@H](O)[C@H](O)C6O)[C@H](O)C5NC(C)=O)C4O)[C@H](O)C3NC(C)=O)C2O)[C@H](O)C1O)NC(=O)CCCCCCCCCCCCCCCCCCC. The fraction of sp³-hybridized carbons (Fsp3) is 0.939. The fourth-order valence-corrected chi connectivity index (χ4v) is 20.2. The molecule has 30 N–H and O–H groups in total. The predicted octanol–water partition coefficient (Wildman–Crippen LogP) is -8.03. The molecule has 150 heavy (non-hydrogen) atoms. The minimum Gasteiger partial charge on any atom is -0.394 e. The normalized spacial score (nSPS) is 40.1. The topological polar surface area (TPSA) is 809 Å². The predicted molar refractivity (Wildman–Crippen MR) is 513 cm³/mol. The molecule has 52 nitrogen and oxygen atoms in total. The summed E-state index contributed by atoms with van der Waals surface area (Å²) < 4.78 is 108. The van der Waals surface area contributed by atoms with Crippen LogP contribution in [0, 0.1) is 0 Å². The van der Waals surface area contributed by atoms with E-state index in [4.69, 9.17) is 85.3 Å². The number of nitrogens with one attached hydrogen (secondary N) is 4. The molecule has 0 aliphatic carbocycles. The second-order valence-electron chi connectivity index (χ2n) is 40.6. The molecule has 9 fully saturated rings. The number of amides is 4. The molecule has 18 unspecified atom stereocenters. The van der Waals surface area contributed by atoms with Crippen LogP contribution in [0.2, 0.25) is 0 Å². The van der Waals surface area contributed by atoms with Crippen LogP contribution in [-0.4, -0.2) is 511 Å². The quantitative estimate of drug-likeness (QED) is 0.0199. The van der Waals surface area contributed by atoms with Gasteiger partial charge in [-0.25, -0.2) is 0 Å². The van der Waals surface area contributed by atoms with Crippen LogP contribution in [0.25, 0.3) is 0 Å². The number of hydrogen-bond acceptors (Lipinski definition) is 48. The molecule has 9 aliphatic rings. The van der Waals surface area contributed by atoms with Crippen molar-refractivity contribution in [2.75, 3.05) is 66.1 Å². The Labute approximate surface area is 872 Å². The fourth-order valence-electron chi connectivity index (χ4n) is 20.2. The molecule has 0 aromatic rings. The summed E-state index contributed by atoms with van der Waals surface area (Å²) in [5.41, 5.74) is 0. The highest BCUT2D eigenvalue weighted by atomic mass is 16.8. The smallest absolute Gasteiger partial charge is 0.220 e. The van der Waals surface area contributed by atoms with Crippen LogP contribution in [0.5, 0.6) is 0 Å². The van der Waals surface area contributed by atoms with Crippen LogP contribution in [0.15, 0.2) is 12.2 Å².